The molecule has 2 aromatic carbocycles. The van der Waals surface area contributed by atoms with Gasteiger partial charge in [0.1, 0.15) is 19.0 Å². The van der Waals surface area contributed by atoms with Crippen molar-refractivity contribution in [3.63, 3.8) is 0 Å². The smallest absolute Gasteiger partial charge is 0.330 e. The number of carbonyl (C=O) groups is 1. The Kier molecular flexibility index (Phi) is 6.58. The summed E-state index contributed by atoms with van der Waals surface area (Å²) in [6.45, 7) is 3.81. The predicted octanol–water partition coefficient (Wildman–Crippen LogP) is 3.59. The van der Waals surface area contributed by atoms with Gasteiger partial charge in [-0.25, -0.2) is 4.79 Å². The fourth-order valence-electron chi connectivity index (χ4n) is 1.87. The Balaban J connectivity index is 1.83. The minimum absolute atomic E-state index is 0.191. The Morgan fingerprint density at radius 3 is 2.46 bits per heavy atom. The van der Waals surface area contributed by atoms with Gasteiger partial charge in [0.05, 0.1) is 5.69 Å². The second kappa shape index (κ2) is 9.15. The van der Waals surface area contributed by atoms with Crippen LogP contribution in [0, 0.1) is 0 Å². The quantitative estimate of drug-likeness (QED) is 0.349. The van der Waals surface area contributed by atoms with Gasteiger partial charge in [-0.15, -0.1) is 0 Å². The summed E-state index contributed by atoms with van der Waals surface area (Å²) < 4.78 is 10.3. The van der Waals surface area contributed by atoms with Crippen LogP contribution in [0.2, 0.25) is 0 Å². The van der Waals surface area contributed by atoms with Crippen molar-refractivity contribution < 1.29 is 14.3 Å². The molecule has 24 heavy (non-hydrogen) atoms. The summed E-state index contributed by atoms with van der Waals surface area (Å²) in [5.74, 6) is 0.257. The largest absolute Gasteiger partial charge is 0.490 e. The second-order valence-electron chi connectivity index (χ2n) is 4.84. The van der Waals surface area contributed by atoms with Crippen LogP contribution >= 0.6 is 0 Å². The number of hydrogen-bond donors (Lipinski definition) is 1. The van der Waals surface area contributed by atoms with E-state index in [1.54, 1.807) is 6.21 Å². The maximum absolute atomic E-state index is 10.9. The van der Waals surface area contributed by atoms with E-state index in [0.717, 1.165) is 23.0 Å². The van der Waals surface area contributed by atoms with E-state index in [1.807, 2.05) is 55.6 Å². The lowest BCUT2D eigenvalue weighted by molar-refractivity contribution is -0.138. The van der Waals surface area contributed by atoms with Crippen molar-refractivity contribution in [3.8, 4) is 5.75 Å². The van der Waals surface area contributed by atoms with E-state index in [0.29, 0.717) is 12.4 Å². The summed E-state index contributed by atoms with van der Waals surface area (Å²) in [6.07, 6.45) is 2.92. The molecule has 0 fully saturated rings. The van der Waals surface area contributed by atoms with Crippen LogP contribution in [0.15, 0.2) is 66.2 Å². The highest BCUT2D eigenvalue weighted by molar-refractivity contribution is 5.82. The molecule has 0 aromatic heterocycles. The number of benzene rings is 2. The summed E-state index contributed by atoms with van der Waals surface area (Å²) in [5, 5.41) is 3.07. The van der Waals surface area contributed by atoms with Crippen LogP contribution in [0.1, 0.15) is 5.56 Å². The van der Waals surface area contributed by atoms with Crippen molar-refractivity contribution in [1.82, 2.24) is 0 Å². The first-order valence-electron chi connectivity index (χ1n) is 7.55. The molecule has 0 aliphatic carbocycles. The number of ether oxygens (including phenoxy) is 2. The Labute approximate surface area is 141 Å². The van der Waals surface area contributed by atoms with Gasteiger partial charge < -0.3 is 14.8 Å². The molecule has 2 rings (SSSR count). The van der Waals surface area contributed by atoms with Gasteiger partial charge in [0.2, 0.25) is 0 Å². The van der Waals surface area contributed by atoms with Gasteiger partial charge in [-0.1, -0.05) is 6.58 Å². The molecule has 0 aliphatic heterocycles. The minimum Gasteiger partial charge on any atom is -0.490 e. The number of aliphatic imine (C=N–C) groups is 1. The summed E-state index contributed by atoms with van der Waals surface area (Å²) in [7, 11) is 1.88. The molecular formula is C19H20N2O3. The van der Waals surface area contributed by atoms with E-state index in [2.05, 4.69) is 16.9 Å². The van der Waals surface area contributed by atoms with Crippen molar-refractivity contribution in [2.24, 2.45) is 4.99 Å². The van der Waals surface area contributed by atoms with E-state index in [9.17, 15) is 4.79 Å². The number of hydrogen-bond acceptors (Lipinski definition) is 5. The highest BCUT2D eigenvalue weighted by atomic mass is 16.6. The zero-order chi connectivity index (χ0) is 17.2. The van der Waals surface area contributed by atoms with Crippen molar-refractivity contribution >= 4 is 23.6 Å². The average molecular weight is 324 g/mol. The molecule has 5 heteroatoms. The topological polar surface area (TPSA) is 59.9 Å². The summed E-state index contributed by atoms with van der Waals surface area (Å²) >= 11 is 0. The van der Waals surface area contributed by atoms with Crippen LogP contribution in [0.25, 0.3) is 0 Å². The van der Waals surface area contributed by atoms with Crippen molar-refractivity contribution in [3.05, 3.63) is 66.7 Å². The van der Waals surface area contributed by atoms with Gasteiger partial charge in [-0.2, -0.15) is 0 Å². The molecule has 0 spiro atoms. The normalized spacial score (nSPS) is 10.4. The third-order valence-corrected chi connectivity index (χ3v) is 3.16. The number of nitrogens with one attached hydrogen (secondary N) is 1. The maximum atomic E-state index is 10.9. The van der Waals surface area contributed by atoms with Crippen LogP contribution in [0.4, 0.5) is 11.4 Å². The Morgan fingerprint density at radius 2 is 1.83 bits per heavy atom. The Hall–Kier alpha value is -3.08. The molecule has 0 atom stereocenters. The Bertz CT molecular complexity index is 692. The van der Waals surface area contributed by atoms with Crippen molar-refractivity contribution in [2.75, 3.05) is 25.6 Å². The van der Waals surface area contributed by atoms with Crippen LogP contribution in [-0.2, 0) is 9.53 Å². The summed E-state index contributed by atoms with van der Waals surface area (Å²) in [4.78, 5) is 15.3. The fourth-order valence-corrected chi connectivity index (χ4v) is 1.87. The SMILES string of the molecule is C=CC(=O)OCCOc1ccc(/C=N/c2ccc(NC)cc2)cc1. The zero-order valence-electron chi connectivity index (χ0n) is 13.6. The first-order valence-corrected chi connectivity index (χ1v) is 7.55. The van der Waals surface area contributed by atoms with Gasteiger partial charge in [-0.05, 0) is 54.1 Å². The molecule has 0 aliphatic rings. The van der Waals surface area contributed by atoms with Gasteiger partial charge in [0.15, 0.2) is 0 Å². The third-order valence-electron chi connectivity index (χ3n) is 3.16. The lowest BCUT2D eigenvalue weighted by Gasteiger charge is -2.06. The second-order valence-corrected chi connectivity index (χ2v) is 4.84. The van der Waals surface area contributed by atoms with E-state index in [1.165, 1.54) is 0 Å². The maximum Gasteiger partial charge on any atom is 0.330 e. The van der Waals surface area contributed by atoms with Crippen molar-refractivity contribution in [1.29, 1.82) is 0 Å². The van der Waals surface area contributed by atoms with E-state index in [-0.39, 0.29) is 6.61 Å². The molecule has 0 radical (unpaired) electrons. The lowest BCUT2D eigenvalue weighted by Crippen LogP contribution is -2.10. The first kappa shape index (κ1) is 17.3. The number of anilines is 1. The molecular weight excluding hydrogens is 304 g/mol. The number of carbonyl (C=O) groups excluding carboxylic acids is 1. The van der Waals surface area contributed by atoms with Crippen LogP contribution < -0.4 is 10.1 Å². The molecule has 0 amide bonds. The van der Waals surface area contributed by atoms with Crippen LogP contribution in [-0.4, -0.2) is 32.4 Å². The molecule has 0 saturated heterocycles. The monoisotopic (exact) mass is 324 g/mol. The van der Waals surface area contributed by atoms with Gasteiger partial charge in [-0.3, -0.25) is 4.99 Å². The van der Waals surface area contributed by atoms with Crippen LogP contribution in [0.3, 0.4) is 0 Å². The molecule has 124 valence electrons. The number of nitrogens with zero attached hydrogens (tertiary/aromatic N) is 1. The van der Waals surface area contributed by atoms with Gasteiger partial charge >= 0.3 is 5.97 Å². The first-order chi connectivity index (χ1) is 11.7. The van der Waals surface area contributed by atoms with Crippen LogP contribution in [0.5, 0.6) is 5.75 Å². The highest BCUT2D eigenvalue weighted by Crippen LogP contribution is 2.16. The van der Waals surface area contributed by atoms with E-state index in [4.69, 9.17) is 9.47 Å². The third kappa shape index (κ3) is 5.61. The zero-order valence-corrected chi connectivity index (χ0v) is 13.6. The number of rotatable bonds is 8. The molecule has 1 N–H and O–H groups in total. The molecule has 0 saturated carbocycles. The molecule has 0 unspecified atom stereocenters. The lowest BCUT2D eigenvalue weighted by atomic mass is 10.2. The molecule has 2 aromatic rings. The standard InChI is InChI=1S/C19H20N2O3/c1-3-19(22)24-13-12-23-18-10-4-15(5-11-18)14-21-17-8-6-16(20-2)7-9-17/h3-11,14,20H,1,12-13H2,2H3/b21-14+. The van der Waals surface area contributed by atoms with E-state index >= 15 is 0 Å². The average Bonchev–Trinajstić information content (AvgIpc) is 2.64. The molecule has 0 bridgehead atoms. The van der Waals surface area contributed by atoms with E-state index < -0.39 is 5.97 Å². The minimum atomic E-state index is -0.451. The van der Waals surface area contributed by atoms with Crippen molar-refractivity contribution in [2.45, 2.75) is 0 Å². The molecule has 0 heterocycles. The predicted molar refractivity (Wildman–Crippen MR) is 96.3 cm³/mol. The fraction of sp³-hybridized carbons (Fsp3) is 0.158. The van der Waals surface area contributed by atoms with Gasteiger partial charge in [0, 0.05) is 25.0 Å². The summed E-state index contributed by atoms with van der Waals surface area (Å²) in [6, 6.07) is 15.4. The summed E-state index contributed by atoms with van der Waals surface area (Å²) in [5.41, 5.74) is 2.91. The highest BCUT2D eigenvalue weighted by Gasteiger charge is 1.97. The van der Waals surface area contributed by atoms with Gasteiger partial charge in [0.25, 0.3) is 0 Å². The Morgan fingerprint density at radius 1 is 1.12 bits per heavy atom. The molecule has 5 nitrogen and oxygen atoms in total. The number of esters is 1.